The van der Waals surface area contributed by atoms with E-state index in [-0.39, 0.29) is 29.7 Å². The van der Waals surface area contributed by atoms with Crippen LogP contribution < -0.4 is 21.4 Å². The van der Waals surface area contributed by atoms with Crippen LogP contribution in [0.4, 0.5) is 5.69 Å². The van der Waals surface area contributed by atoms with E-state index in [1.807, 2.05) is 0 Å². The summed E-state index contributed by atoms with van der Waals surface area (Å²) >= 11 is 0. The van der Waals surface area contributed by atoms with Gasteiger partial charge in [0.25, 0.3) is 5.56 Å². The zero-order valence-electron chi connectivity index (χ0n) is 14.9. The normalized spacial score (nSPS) is 10.8. The predicted molar refractivity (Wildman–Crippen MR) is 97.8 cm³/mol. The van der Waals surface area contributed by atoms with E-state index in [4.69, 9.17) is 4.74 Å². The van der Waals surface area contributed by atoms with Crippen molar-refractivity contribution in [2.24, 2.45) is 5.10 Å². The van der Waals surface area contributed by atoms with E-state index < -0.39 is 33.5 Å². The molecule has 0 aliphatic carbocycles. The highest BCUT2D eigenvalue weighted by atomic mass is 16.6. The summed E-state index contributed by atoms with van der Waals surface area (Å²) in [5.74, 6) is -1.24. The van der Waals surface area contributed by atoms with Crippen molar-refractivity contribution in [3.63, 3.8) is 0 Å². The number of hydrogen-bond donors (Lipinski definition) is 4. The highest BCUT2D eigenvalue weighted by Gasteiger charge is 2.19. The molecule has 0 aliphatic rings. The number of nitro benzene ring substituents is 1. The number of ether oxygens (including phenoxy) is 1. The van der Waals surface area contributed by atoms with Crippen molar-refractivity contribution in [1.29, 1.82) is 0 Å². The number of benzene rings is 1. The van der Waals surface area contributed by atoms with Crippen molar-refractivity contribution in [2.45, 2.75) is 19.8 Å². The van der Waals surface area contributed by atoms with Gasteiger partial charge >= 0.3 is 11.4 Å². The number of aromatic amines is 2. The van der Waals surface area contributed by atoms with Crippen LogP contribution in [0.25, 0.3) is 0 Å². The van der Waals surface area contributed by atoms with Gasteiger partial charge in [0.1, 0.15) is 0 Å². The Labute approximate surface area is 157 Å². The van der Waals surface area contributed by atoms with Crippen molar-refractivity contribution in [3.05, 3.63) is 59.9 Å². The fourth-order valence-electron chi connectivity index (χ4n) is 2.38. The zero-order chi connectivity index (χ0) is 20.8. The summed E-state index contributed by atoms with van der Waals surface area (Å²) < 4.78 is 4.86. The van der Waals surface area contributed by atoms with Crippen LogP contribution in [-0.2, 0) is 11.2 Å². The molecular formula is C16H17N5O7. The standard InChI is InChI=1S/C16H17N5O7/c1-8-10(15(24)19-16(25)18-8)3-4-13(22)20-17-7-9-5-11(21(26)27)14(23)12(6-9)28-2/h5-7,23H,3-4H2,1-2H3,(H,20,22)(H2,18,19,24,25)/b17-7+. The summed E-state index contributed by atoms with van der Waals surface area (Å²) in [6, 6.07) is 2.37. The SMILES string of the molecule is COc1cc(/C=N/NC(=O)CCc2c(C)[nH]c(=O)[nH]c2=O)cc([N+](=O)[O-])c1O. The number of phenolic OH excluding ortho intramolecular Hbond substituents is 1. The van der Waals surface area contributed by atoms with Crippen molar-refractivity contribution >= 4 is 17.8 Å². The third-order valence-corrected chi connectivity index (χ3v) is 3.75. The lowest BCUT2D eigenvalue weighted by atomic mass is 10.1. The predicted octanol–water partition coefficient (Wildman–Crippen LogP) is 0.0769. The van der Waals surface area contributed by atoms with E-state index in [0.717, 1.165) is 12.3 Å². The van der Waals surface area contributed by atoms with E-state index in [1.54, 1.807) is 6.92 Å². The molecule has 0 spiro atoms. The minimum atomic E-state index is -0.780. The number of hydrazone groups is 1. The molecule has 0 radical (unpaired) electrons. The molecule has 2 rings (SSSR count). The molecule has 4 N–H and O–H groups in total. The first-order valence-corrected chi connectivity index (χ1v) is 7.92. The first-order chi connectivity index (χ1) is 13.2. The molecule has 0 saturated heterocycles. The van der Waals surface area contributed by atoms with Crippen molar-refractivity contribution in [1.82, 2.24) is 15.4 Å². The Morgan fingerprint density at radius 3 is 2.71 bits per heavy atom. The number of aromatic hydroxyl groups is 1. The third kappa shape index (κ3) is 4.81. The maximum absolute atomic E-state index is 11.9. The minimum Gasteiger partial charge on any atom is -0.500 e. The lowest BCUT2D eigenvalue weighted by Gasteiger charge is -2.05. The fraction of sp³-hybridized carbons (Fsp3) is 0.250. The molecule has 0 fully saturated rings. The van der Waals surface area contributed by atoms with Crippen molar-refractivity contribution in [3.8, 4) is 11.5 Å². The van der Waals surface area contributed by atoms with Crippen LogP contribution in [-0.4, -0.2) is 39.2 Å². The van der Waals surface area contributed by atoms with Crippen LogP contribution in [0.3, 0.4) is 0 Å². The first-order valence-electron chi connectivity index (χ1n) is 7.92. The van der Waals surface area contributed by atoms with Gasteiger partial charge in [-0.25, -0.2) is 10.2 Å². The van der Waals surface area contributed by atoms with Gasteiger partial charge < -0.3 is 14.8 Å². The molecule has 12 nitrogen and oxygen atoms in total. The number of nitrogens with one attached hydrogen (secondary N) is 3. The maximum atomic E-state index is 11.9. The average molecular weight is 391 g/mol. The molecule has 12 heteroatoms. The second kappa shape index (κ2) is 8.62. The van der Waals surface area contributed by atoms with E-state index in [0.29, 0.717) is 5.69 Å². The summed E-state index contributed by atoms with van der Waals surface area (Å²) in [4.78, 5) is 49.4. The fourth-order valence-corrected chi connectivity index (χ4v) is 2.38. The highest BCUT2D eigenvalue weighted by Crippen LogP contribution is 2.36. The summed E-state index contributed by atoms with van der Waals surface area (Å²) in [6.07, 6.45) is 1.15. The van der Waals surface area contributed by atoms with Crippen LogP contribution in [0.15, 0.2) is 26.8 Å². The van der Waals surface area contributed by atoms with E-state index in [9.17, 15) is 29.6 Å². The van der Waals surface area contributed by atoms with Crippen LogP contribution in [0.5, 0.6) is 11.5 Å². The molecule has 28 heavy (non-hydrogen) atoms. The third-order valence-electron chi connectivity index (χ3n) is 3.75. The van der Waals surface area contributed by atoms with Gasteiger partial charge in [-0.15, -0.1) is 0 Å². The Balaban J connectivity index is 2.04. The van der Waals surface area contributed by atoms with Gasteiger partial charge in [0.15, 0.2) is 5.75 Å². The van der Waals surface area contributed by atoms with Crippen molar-refractivity contribution < 1.29 is 19.6 Å². The minimum absolute atomic E-state index is 0.0770. The van der Waals surface area contributed by atoms with E-state index >= 15 is 0 Å². The molecule has 0 saturated carbocycles. The molecule has 1 amide bonds. The number of carbonyl (C=O) groups is 1. The molecule has 0 atom stereocenters. The van der Waals surface area contributed by atoms with Crippen LogP contribution in [0.1, 0.15) is 23.2 Å². The summed E-state index contributed by atoms with van der Waals surface area (Å²) in [6.45, 7) is 1.55. The molecule has 1 aromatic carbocycles. The monoisotopic (exact) mass is 391 g/mol. The Bertz CT molecular complexity index is 1050. The average Bonchev–Trinajstić information content (AvgIpc) is 2.61. The summed E-state index contributed by atoms with van der Waals surface area (Å²) in [5, 5.41) is 24.3. The lowest BCUT2D eigenvalue weighted by Crippen LogP contribution is -2.28. The number of hydrogen-bond acceptors (Lipinski definition) is 8. The second-order valence-corrected chi connectivity index (χ2v) is 5.65. The van der Waals surface area contributed by atoms with Gasteiger partial charge in [-0.1, -0.05) is 0 Å². The number of phenols is 1. The van der Waals surface area contributed by atoms with E-state index in [2.05, 4.69) is 20.5 Å². The Morgan fingerprint density at radius 1 is 1.39 bits per heavy atom. The smallest absolute Gasteiger partial charge is 0.325 e. The number of rotatable bonds is 7. The Kier molecular flexibility index (Phi) is 6.26. The summed E-state index contributed by atoms with van der Waals surface area (Å²) in [5.41, 5.74) is 1.32. The number of amides is 1. The van der Waals surface area contributed by atoms with Gasteiger partial charge in [0.2, 0.25) is 11.7 Å². The largest absolute Gasteiger partial charge is 0.500 e. The van der Waals surface area contributed by atoms with Gasteiger partial charge in [-0.05, 0) is 19.4 Å². The van der Waals surface area contributed by atoms with Crippen LogP contribution >= 0.6 is 0 Å². The van der Waals surface area contributed by atoms with Gasteiger partial charge in [-0.3, -0.25) is 24.7 Å². The van der Waals surface area contributed by atoms with Gasteiger partial charge in [0, 0.05) is 29.3 Å². The Hall–Kier alpha value is -3.96. The number of H-pyrrole nitrogens is 2. The van der Waals surface area contributed by atoms with Crippen LogP contribution in [0, 0.1) is 17.0 Å². The second-order valence-electron chi connectivity index (χ2n) is 5.65. The van der Waals surface area contributed by atoms with Gasteiger partial charge in [0.05, 0.1) is 18.2 Å². The van der Waals surface area contributed by atoms with Crippen molar-refractivity contribution in [2.75, 3.05) is 7.11 Å². The highest BCUT2D eigenvalue weighted by molar-refractivity contribution is 5.84. The quantitative estimate of drug-likeness (QED) is 0.293. The number of carbonyl (C=O) groups excluding carboxylic acids is 1. The number of nitrogens with zero attached hydrogens (tertiary/aromatic N) is 2. The molecule has 0 bridgehead atoms. The lowest BCUT2D eigenvalue weighted by molar-refractivity contribution is -0.386. The molecular weight excluding hydrogens is 374 g/mol. The molecule has 2 aromatic rings. The number of nitro groups is 1. The number of aryl methyl sites for hydroxylation is 1. The van der Waals surface area contributed by atoms with Gasteiger partial charge in [-0.2, -0.15) is 5.10 Å². The molecule has 0 unspecified atom stereocenters. The Morgan fingerprint density at radius 2 is 2.11 bits per heavy atom. The van der Waals surface area contributed by atoms with Crippen LogP contribution in [0.2, 0.25) is 0 Å². The maximum Gasteiger partial charge on any atom is 0.325 e. The number of aromatic nitrogens is 2. The molecule has 148 valence electrons. The van der Waals surface area contributed by atoms with E-state index in [1.165, 1.54) is 13.2 Å². The summed E-state index contributed by atoms with van der Waals surface area (Å²) in [7, 11) is 1.24. The first kappa shape index (κ1) is 20.4. The topological polar surface area (TPSA) is 180 Å². The molecule has 1 aromatic heterocycles. The molecule has 0 aliphatic heterocycles. The number of methoxy groups -OCH3 is 1. The molecule has 1 heterocycles. The zero-order valence-corrected chi connectivity index (χ0v) is 14.9.